The van der Waals surface area contributed by atoms with E-state index in [1.54, 1.807) is 0 Å². The zero-order valence-corrected chi connectivity index (χ0v) is 6.39. The zero-order chi connectivity index (χ0) is 9.14. The number of hydrogen-bond donors (Lipinski definition) is 2. The number of alkyl halides is 2. The van der Waals surface area contributed by atoms with Crippen LogP contribution in [-0.4, -0.2) is 15.0 Å². The Bertz CT molecular complexity index is 280. The van der Waals surface area contributed by atoms with Gasteiger partial charge >= 0.3 is 0 Å². The van der Waals surface area contributed by atoms with Crippen LogP contribution in [0.25, 0.3) is 0 Å². The molecule has 12 heavy (non-hydrogen) atoms. The number of aromatic nitrogens is 3. The van der Waals surface area contributed by atoms with Crippen LogP contribution in [-0.2, 0) is 0 Å². The largest absolute Gasteiger partial charge is 0.297 e. The van der Waals surface area contributed by atoms with Gasteiger partial charge in [-0.3, -0.25) is 5.43 Å². The highest BCUT2D eigenvalue weighted by Crippen LogP contribution is 2.16. The summed E-state index contributed by atoms with van der Waals surface area (Å²) in [6.07, 6.45) is -2.79. The lowest BCUT2D eigenvalue weighted by Crippen LogP contribution is -2.12. The smallest absolute Gasteiger partial charge is 0.292 e. The van der Waals surface area contributed by atoms with E-state index in [0.29, 0.717) is 0 Å². The van der Waals surface area contributed by atoms with Crippen LogP contribution < -0.4 is 11.3 Å². The van der Waals surface area contributed by atoms with Gasteiger partial charge < -0.3 is 0 Å². The molecule has 0 aliphatic rings. The first-order valence-corrected chi connectivity index (χ1v) is 3.17. The minimum Gasteiger partial charge on any atom is -0.292 e. The second-order valence-electron chi connectivity index (χ2n) is 1.73. The van der Waals surface area contributed by atoms with Crippen LogP contribution in [0.4, 0.5) is 14.7 Å². The quantitative estimate of drug-likeness (QED) is 0.538. The Hall–Kier alpha value is -1.08. The van der Waals surface area contributed by atoms with E-state index >= 15 is 0 Å². The number of nitrogens with one attached hydrogen (secondary N) is 1. The summed E-state index contributed by atoms with van der Waals surface area (Å²) in [7, 11) is 0. The Morgan fingerprint density at radius 3 is 2.50 bits per heavy atom. The lowest BCUT2D eigenvalue weighted by Gasteiger charge is -2.00. The van der Waals surface area contributed by atoms with E-state index in [2.05, 4.69) is 15.0 Å². The molecule has 0 fully saturated rings. The van der Waals surface area contributed by atoms with Gasteiger partial charge in [0, 0.05) is 0 Å². The van der Waals surface area contributed by atoms with E-state index in [1.807, 2.05) is 5.43 Å². The van der Waals surface area contributed by atoms with Crippen LogP contribution >= 0.6 is 11.6 Å². The predicted molar refractivity (Wildman–Crippen MR) is 37.6 cm³/mol. The van der Waals surface area contributed by atoms with Gasteiger partial charge in [0.25, 0.3) is 6.43 Å². The minimum atomic E-state index is -2.79. The summed E-state index contributed by atoms with van der Waals surface area (Å²) in [5.74, 6) is 3.99. The molecule has 0 atom stereocenters. The standard InChI is InChI=1S/C4H4ClF2N5/c5-3-9-2(1(6)7)10-4(11-3)12-8/h1H,8H2,(H,9,10,11,12). The fourth-order valence-corrected chi connectivity index (χ4v) is 0.694. The van der Waals surface area contributed by atoms with Gasteiger partial charge in [-0.05, 0) is 11.6 Å². The average Bonchev–Trinajstić information content (AvgIpc) is 2.03. The molecule has 0 aliphatic heterocycles. The summed E-state index contributed by atoms with van der Waals surface area (Å²) in [5, 5.41) is -0.326. The molecule has 1 aromatic heterocycles. The molecular formula is C4H4ClF2N5. The molecule has 0 bridgehead atoms. The zero-order valence-electron chi connectivity index (χ0n) is 5.63. The summed E-state index contributed by atoms with van der Waals surface area (Å²) < 4.78 is 24.0. The van der Waals surface area contributed by atoms with Gasteiger partial charge in [-0.1, -0.05) is 0 Å². The Labute approximate surface area is 70.9 Å². The number of rotatable bonds is 2. The van der Waals surface area contributed by atoms with Crippen molar-refractivity contribution < 1.29 is 8.78 Å². The number of nitrogens with zero attached hydrogens (tertiary/aromatic N) is 3. The maximum absolute atomic E-state index is 12.0. The van der Waals surface area contributed by atoms with E-state index in [0.717, 1.165) is 0 Å². The SMILES string of the molecule is NNc1nc(Cl)nc(C(F)F)n1. The van der Waals surface area contributed by atoms with Gasteiger partial charge in [0.1, 0.15) is 0 Å². The van der Waals surface area contributed by atoms with Gasteiger partial charge in [-0.25, -0.2) is 14.6 Å². The maximum atomic E-state index is 12.0. The van der Waals surface area contributed by atoms with Crippen LogP contribution in [0, 0.1) is 0 Å². The summed E-state index contributed by atoms with van der Waals surface area (Å²) in [6, 6.07) is 0. The molecule has 0 radical (unpaired) electrons. The molecule has 0 amide bonds. The molecule has 1 aromatic rings. The number of anilines is 1. The lowest BCUT2D eigenvalue weighted by atomic mass is 10.6. The molecule has 5 nitrogen and oxygen atoms in total. The van der Waals surface area contributed by atoms with Crippen molar-refractivity contribution in [1.29, 1.82) is 0 Å². The molecule has 0 saturated heterocycles. The lowest BCUT2D eigenvalue weighted by molar-refractivity contribution is 0.140. The second-order valence-corrected chi connectivity index (χ2v) is 2.07. The third kappa shape index (κ3) is 1.95. The average molecular weight is 196 g/mol. The van der Waals surface area contributed by atoms with Crippen molar-refractivity contribution in [3.63, 3.8) is 0 Å². The molecule has 1 heterocycles. The third-order valence-electron chi connectivity index (χ3n) is 0.950. The van der Waals surface area contributed by atoms with E-state index in [-0.39, 0.29) is 11.2 Å². The minimum absolute atomic E-state index is 0.190. The molecule has 8 heteroatoms. The number of nitrogen functional groups attached to an aromatic ring is 1. The highest BCUT2D eigenvalue weighted by molar-refractivity contribution is 6.28. The fraction of sp³-hybridized carbons (Fsp3) is 0.250. The van der Waals surface area contributed by atoms with E-state index in [9.17, 15) is 8.78 Å². The van der Waals surface area contributed by atoms with Crippen molar-refractivity contribution in [2.75, 3.05) is 5.43 Å². The number of halogens is 3. The van der Waals surface area contributed by atoms with Crippen molar-refractivity contribution in [1.82, 2.24) is 15.0 Å². The summed E-state index contributed by atoms with van der Waals surface area (Å²) in [6.45, 7) is 0. The van der Waals surface area contributed by atoms with Crippen molar-refractivity contribution in [2.45, 2.75) is 6.43 Å². The molecule has 0 aromatic carbocycles. The van der Waals surface area contributed by atoms with Crippen LogP contribution in [0.2, 0.25) is 5.28 Å². The molecule has 0 saturated carbocycles. The molecule has 0 unspecified atom stereocenters. The Morgan fingerprint density at radius 2 is 2.00 bits per heavy atom. The van der Waals surface area contributed by atoms with Gasteiger partial charge in [-0.15, -0.1) is 0 Å². The fourth-order valence-electron chi connectivity index (χ4n) is 0.528. The maximum Gasteiger partial charge on any atom is 0.297 e. The molecule has 3 N–H and O–H groups in total. The number of nitrogens with two attached hydrogens (primary N) is 1. The monoisotopic (exact) mass is 195 g/mol. The highest BCUT2D eigenvalue weighted by atomic mass is 35.5. The predicted octanol–water partition coefficient (Wildman–Crippen LogP) is 0.748. The Balaban J connectivity index is 3.06. The van der Waals surface area contributed by atoms with Crippen molar-refractivity contribution in [2.24, 2.45) is 5.84 Å². The first-order valence-electron chi connectivity index (χ1n) is 2.79. The van der Waals surface area contributed by atoms with Crippen molar-refractivity contribution in [3.8, 4) is 0 Å². The topological polar surface area (TPSA) is 76.7 Å². The van der Waals surface area contributed by atoms with E-state index < -0.39 is 12.2 Å². The van der Waals surface area contributed by atoms with E-state index in [4.69, 9.17) is 17.4 Å². The normalized spacial score (nSPS) is 10.4. The van der Waals surface area contributed by atoms with Crippen LogP contribution in [0.15, 0.2) is 0 Å². The molecule has 66 valence electrons. The third-order valence-corrected chi connectivity index (χ3v) is 1.12. The second kappa shape index (κ2) is 3.55. The van der Waals surface area contributed by atoms with Gasteiger partial charge in [0.15, 0.2) is 0 Å². The molecule has 0 spiro atoms. The van der Waals surface area contributed by atoms with Crippen LogP contribution in [0.3, 0.4) is 0 Å². The van der Waals surface area contributed by atoms with Gasteiger partial charge in [0.05, 0.1) is 0 Å². The number of hydrazine groups is 1. The van der Waals surface area contributed by atoms with Crippen LogP contribution in [0.1, 0.15) is 12.2 Å². The summed E-state index contributed by atoms with van der Waals surface area (Å²) >= 11 is 5.28. The van der Waals surface area contributed by atoms with E-state index in [1.165, 1.54) is 0 Å². The molecular weight excluding hydrogens is 192 g/mol. The first-order chi connectivity index (χ1) is 5.63. The van der Waals surface area contributed by atoms with Crippen LogP contribution in [0.5, 0.6) is 0 Å². The highest BCUT2D eigenvalue weighted by Gasteiger charge is 2.13. The molecule has 0 aliphatic carbocycles. The molecule has 1 rings (SSSR count). The summed E-state index contributed by atoms with van der Waals surface area (Å²) in [5.41, 5.74) is 1.98. The Morgan fingerprint density at radius 1 is 1.33 bits per heavy atom. The first kappa shape index (κ1) is 9.01. The van der Waals surface area contributed by atoms with Gasteiger partial charge in [-0.2, -0.15) is 15.0 Å². The summed E-state index contributed by atoms with van der Waals surface area (Å²) in [4.78, 5) is 9.85. The number of hydrogen-bond acceptors (Lipinski definition) is 5. The van der Waals surface area contributed by atoms with Crippen molar-refractivity contribution in [3.05, 3.63) is 11.1 Å². The van der Waals surface area contributed by atoms with Gasteiger partial charge in [0.2, 0.25) is 17.1 Å². The van der Waals surface area contributed by atoms with Crippen molar-refractivity contribution >= 4 is 17.5 Å². The Kier molecular flexibility index (Phi) is 2.66.